The molecule has 1 fully saturated rings. The minimum atomic E-state index is -4.88. The van der Waals surface area contributed by atoms with Crippen molar-refractivity contribution in [1.82, 2.24) is 10.3 Å². The number of nitrogens with zero attached hydrogens (tertiary/aromatic N) is 1. The highest BCUT2D eigenvalue weighted by Crippen LogP contribution is 2.38. The Bertz CT molecular complexity index is 1070. The van der Waals surface area contributed by atoms with Crippen LogP contribution in [-0.2, 0) is 16.0 Å². The summed E-state index contributed by atoms with van der Waals surface area (Å²) in [5.74, 6) is -0.706. The zero-order valence-corrected chi connectivity index (χ0v) is 15.8. The molecule has 1 saturated carbocycles. The lowest BCUT2D eigenvalue weighted by molar-refractivity contribution is -0.139. The summed E-state index contributed by atoms with van der Waals surface area (Å²) in [6.07, 6.45) is -2.98. The van der Waals surface area contributed by atoms with Crippen LogP contribution in [0, 0.1) is 11.3 Å². The Kier molecular flexibility index (Phi) is 4.60. The van der Waals surface area contributed by atoms with E-state index in [2.05, 4.69) is 26.2 Å². The normalized spacial score (nSPS) is 15.8. The first-order valence-electron chi connectivity index (χ1n) is 7.53. The zero-order chi connectivity index (χ0) is 20.0. The van der Waals surface area contributed by atoms with E-state index in [4.69, 9.17) is 5.26 Å². The molecule has 0 bridgehead atoms. The van der Waals surface area contributed by atoms with Crippen molar-refractivity contribution < 1.29 is 26.4 Å². The van der Waals surface area contributed by atoms with E-state index in [1.54, 1.807) is 0 Å². The first-order valence-corrected chi connectivity index (χ1v) is 9.80. The van der Waals surface area contributed by atoms with Gasteiger partial charge in [-0.2, -0.15) is 18.4 Å². The fourth-order valence-electron chi connectivity index (χ4n) is 2.42. The number of hydrogen-bond acceptors (Lipinski definition) is 4. The molecular formula is C16H11BrF3N3O3S. The smallest absolute Gasteiger partial charge is 0.356 e. The second-order valence-corrected chi connectivity index (χ2v) is 8.87. The minimum Gasteiger partial charge on any atom is -0.356 e. The van der Waals surface area contributed by atoms with Gasteiger partial charge in [0, 0.05) is 10.7 Å². The summed E-state index contributed by atoms with van der Waals surface area (Å²) in [5, 5.41) is 11.5. The van der Waals surface area contributed by atoms with Crippen LogP contribution in [-0.4, -0.2) is 24.8 Å². The van der Waals surface area contributed by atoms with Crippen LogP contribution in [0.15, 0.2) is 44.7 Å². The lowest BCUT2D eigenvalue weighted by atomic mass is 10.2. The van der Waals surface area contributed by atoms with Crippen molar-refractivity contribution >= 4 is 31.7 Å². The number of carbonyl (C=O) groups is 1. The number of halogens is 4. The van der Waals surface area contributed by atoms with Gasteiger partial charge in [-0.25, -0.2) is 8.42 Å². The molecule has 1 heterocycles. The number of hydrogen-bond donors (Lipinski definition) is 2. The average molecular weight is 462 g/mol. The quantitative estimate of drug-likeness (QED) is 0.727. The van der Waals surface area contributed by atoms with Crippen LogP contribution in [0.25, 0.3) is 0 Å². The summed E-state index contributed by atoms with van der Waals surface area (Å²) in [6.45, 7) is 0. The molecule has 11 heteroatoms. The predicted molar refractivity (Wildman–Crippen MR) is 90.4 cm³/mol. The van der Waals surface area contributed by atoms with Crippen molar-refractivity contribution in [2.75, 3.05) is 0 Å². The molecule has 27 heavy (non-hydrogen) atoms. The number of H-pyrrole nitrogens is 1. The van der Waals surface area contributed by atoms with Crippen molar-refractivity contribution in [1.29, 1.82) is 5.26 Å². The molecule has 2 N–H and O–H groups in total. The number of benzene rings is 1. The molecule has 0 saturated heterocycles. The SMILES string of the molecule is N#CC1(NC(=O)c2cc(S(=O)(=O)c3ccc(Br)cc3C(F)(F)F)c[nH]2)CC1. The number of sulfone groups is 1. The third kappa shape index (κ3) is 3.72. The maximum Gasteiger partial charge on any atom is 0.417 e. The second-order valence-electron chi connectivity index (χ2n) is 6.04. The monoisotopic (exact) mass is 461 g/mol. The Morgan fingerprint density at radius 2 is 1.96 bits per heavy atom. The summed E-state index contributed by atoms with van der Waals surface area (Å²) < 4.78 is 65.2. The van der Waals surface area contributed by atoms with Gasteiger partial charge in [0.05, 0.1) is 21.4 Å². The number of carbonyl (C=O) groups excluding carboxylic acids is 1. The molecular weight excluding hydrogens is 451 g/mol. The highest BCUT2D eigenvalue weighted by molar-refractivity contribution is 9.10. The van der Waals surface area contributed by atoms with Crippen LogP contribution < -0.4 is 5.32 Å². The van der Waals surface area contributed by atoms with E-state index in [-0.39, 0.29) is 10.2 Å². The summed E-state index contributed by atoms with van der Waals surface area (Å²) in [5.41, 5.74) is -2.44. The number of aromatic nitrogens is 1. The zero-order valence-electron chi connectivity index (χ0n) is 13.4. The topological polar surface area (TPSA) is 103 Å². The van der Waals surface area contributed by atoms with Gasteiger partial charge >= 0.3 is 6.18 Å². The molecule has 1 aliphatic carbocycles. The van der Waals surface area contributed by atoms with Crippen LogP contribution in [0.1, 0.15) is 28.9 Å². The van der Waals surface area contributed by atoms with E-state index in [0.29, 0.717) is 18.9 Å². The summed E-state index contributed by atoms with van der Waals surface area (Å²) in [4.78, 5) is 13.2. The highest BCUT2D eigenvalue weighted by atomic mass is 79.9. The molecule has 1 aromatic carbocycles. The van der Waals surface area contributed by atoms with Crippen LogP contribution in [0.3, 0.4) is 0 Å². The Balaban J connectivity index is 1.97. The van der Waals surface area contributed by atoms with Gasteiger partial charge in [-0.05, 0) is 37.1 Å². The summed E-state index contributed by atoms with van der Waals surface area (Å²) in [7, 11) is -4.53. The van der Waals surface area contributed by atoms with Gasteiger partial charge < -0.3 is 10.3 Å². The predicted octanol–water partition coefficient (Wildman–Crippen LogP) is 3.41. The van der Waals surface area contributed by atoms with E-state index in [1.807, 2.05) is 6.07 Å². The maximum atomic E-state index is 13.3. The van der Waals surface area contributed by atoms with Crippen molar-refractivity contribution in [3.63, 3.8) is 0 Å². The molecule has 1 amide bonds. The van der Waals surface area contributed by atoms with E-state index >= 15 is 0 Å². The van der Waals surface area contributed by atoms with Gasteiger partial charge in [0.2, 0.25) is 9.84 Å². The molecule has 2 aromatic rings. The molecule has 0 atom stereocenters. The van der Waals surface area contributed by atoms with Crippen LogP contribution >= 0.6 is 15.9 Å². The Morgan fingerprint density at radius 1 is 1.30 bits per heavy atom. The van der Waals surface area contributed by atoms with Crippen LogP contribution in [0.5, 0.6) is 0 Å². The Morgan fingerprint density at radius 3 is 2.52 bits per heavy atom. The van der Waals surface area contributed by atoms with Crippen LogP contribution in [0.2, 0.25) is 0 Å². The highest BCUT2D eigenvalue weighted by Gasteiger charge is 2.45. The van der Waals surface area contributed by atoms with Crippen molar-refractivity contribution in [3.8, 4) is 6.07 Å². The lowest BCUT2D eigenvalue weighted by Crippen LogP contribution is -2.35. The fourth-order valence-corrected chi connectivity index (χ4v) is 4.23. The molecule has 3 rings (SSSR count). The van der Waals surface area contributed by atoms with Gasteiger partial charge in [0.25, 0.3) is 5.91 Å². The first-order chi connectivity index (χ1) is 12.5. The van der Waals surface area contributed by atoms with E-state index in [0.717, 1.165) is 18.3 Å². The minimum absolute atomic E-state index is 0.0779. The number of aromatic amines is 1. The van der Waals surface area contributed by atoms with Gasteiger partial charge in [0.1, 0.15) is 11.2 Å². The third-order valence-electron chi connectivity index (χ3n) is 4.06. The molecule has 0 spiro atoms. The van der Waals surface area contributed by atoms with Gasteiger partial charge in [-0.15, -0.1) is 0 Å². The lowest BCUT2D eigenvalue weighted by Gasteiger charge is -2.13. The average Bonchev–Trinajstić information content (AvgIpc) is 3.16. The maximum absolute atomic E-state index is 13.3. The Hall–Kier alpha value is -2.32. The second kappa shape index (κ2) is 6.38. The van der Waals surface area contributed by atoms with Gasteiger partial charge in [-0.3, -0.25) is 4.79 Å². The summed E-state index contributed by atoms with van der Waals surface area (Å²) >= 11 is 2.90. The van der Waals surface area contributed by atoms with Crippen molar-refractivity contribution in [3.05, 3.63) is 46.2 Å². The molecule has 0 radical (unpaired) electrons. The van der Waals surface area contributed by atoms with Gasteiger partial charge in [-0.1, -0.05) is 15.9 Å². The number of rotatable bonds is 4. The number of alkyl halides is 3. The number of amides is 1. The molecule has 1 aromatic heterocycles. The van der Waals surface area contributed by atoms with Crippen molar-refractivity contribution in [2.24, 2.45) is 0 Å². The van der Waals surface area contributed by atoms with E-state index < -0.39 is 42.8 Å². The molecule has 6 nitrogen and oxygen atoms in total. The fraction of sp³-hybridized carbons (Fsp3) is 0.250. The molecule has 0 aliphatic heterocycles. The summed E-state index contributed by atoms with van der Waals surface area (Å²) in [6, 6.07) is 5.61. The Labute approximate surface area is 160 Å². The van der Waals surface area contributed by atoms with Crippen molar-refractivity contribution in [2.45, 2.75) is 34.3 Å². The van der Waals surface area contributed by atoms with Crippen LogP contribution in [0.4, 0.5) is 13.2 Å². The first kappa shape index (κ1) is 19.4. The standard InChI is InChI=1S/C16H11BrF3N3O3S/c17-9-1-2-13(11(5-9)16(18,19)20)27(25,26)10-6-12(22-7-10)14(24)23-15(8-21)3-4-15/h1-2,5-7,22H,3-4H2,(H,23,24). The van der Waals surface area contributed by atoms with Gasteiger partial charge in [0.15, 0.2) is 0 Å². The molecule has 1 aliphatic rings. The number of nitrogens with one attached hydrogen (secondary N) is 2. The number of nitriles is 1. The third-order valence-corrected chi connectivity index (χ3v) is 6.35. The molecule has 0 unspecified atom stereocenters. The van der Waals surface area contributed by atoms with E-state index in [9.17, 15) is 26.4 Å². The van der Waals surface area contributed by atoms with E-state index in [1.165, 1.54) is 6.07 Å². The largest absolute Gasteiger partial charge is 0.417 e. The molecule has 142 valence electrons.